The van der Waals surface area contributed by atoms with E-state index in [1.807, 2.05) is 31.3 Å². The minimum atomic E-state index is -1.06. The normalized spacial score (nSPS) is 16.4. The summed E-state index contributed by atoms with van der Waals surface area (Å²) in [5, 5.41) is 19.1. The van der Waals surface area contributed by atoms with Crippen molar-refractivity contribution in [1.29, 1.82) is 0 Å². The van der Waals surface area contributed by atoms with Crippen molar-refractivity contribution in [3.8, 4) is 10.6 Å². The average Bonchev–Trinajstić information content (AvgIpc) is 3.24. The van der Waals surface area contributed by atoms with E-state index < -0.39 is 5.97 Å². The number of hydrogen-bond donors (Lipinski definition) is 3. The number of thiazole rings is 1. The molecule has 0 aromatic carbocycles. The highest BCUT2D eigenvalue weighted by Crippen LogP contribution is 2.29. The van der Waals surface area contributed by atoms with Crippen LogP contribution in [0.3, 0.4) is 0 Å². The quantitative estimate of drug-likeness (QED) is 0.638. The summed E-state index contributed by atoms with van der Waals surface area (Å²) in [6, 6.07) is 5.42. The van der Waals surface area contributed by atoms with Crippen molar-refractivity contribution in [2.24, 2.45) is 0 Å². The molecule has 1 amide bonds. The molecular weight excluding hydrogens is 366 g/mol. The van der Waals surface area contributed by atoms with Crippen LogP contribution in [0.5, 0.6) is 0 Å². The maximum atomic E-state index is 12.7. The molecule has 0 spiro atoms. The number of pyridine rings is 1. The Balaban J connectivity index is 1.62. The molecule has 0 bridgehead atoms. The van der Waals surface area contributed by atoms with Gasteiger partial charge in [0.25, 0.3) is 5.91 Å². The van der Waals surface area contributed by atoms with E-state index in [0.717, 1.165) is 10.6 Å². The summed E-state index contributed by atoms with van der Waals surface area (Å²) in [6.45, 7) is 1.83. The second kappa shape index (κ2) is 6.69. The van der Waals surface area contributed by atoms with Crippen LogP contribution in [0, 0.1) is 0 Å². The summed E-state index contributed by atoms with van der Waals surface area (Å²) in [5.41, 5.74) is 1.79. The number of aliphatic carboxylic acids is 1. The predicted octanol–water partition coefficient (Wildman–Crippen LogP) is 2.03. The number of dihydropyridines is 1. The topological polar surface area (TPSA) is 109 Å². The van der Waals surface area contributed by atoms with Crippen molar-refractivity contribution in [3.05, 3.63) is 65.9 Å². The van der Waals surface area contributed by atoms with Gasteiger partial charge in [0.15, 0.2) is 0 Å². The molecule has 0 saturated heterocycles. The third-order valence-electron chi connectivity index (χ3n) is 4.13. The molecule has 27 heavy (non-hydrogen) atoms. The summed E-state index contributed by atoms with van der Waals surface area (Å²) < 4.78 is 1.64. The molecule has 136 valence electrons. The van der Waals surface area contributed by atoms with Gasteiger partial charge in [0.1, 0.15) is 4.83 Å². The van der Waals surface area contributed by atoms with E-state index in [0.29, 0.717) is 16.1 Å². The Morgan fingerprint density at radius 3 is 2.96 bits per heavy atom. The van der Waals surface area contributed by atoms with Crippen LogP contribution in [-0.4, -0.2) is 37.6 Å². The van der Waals surface area contributed by atoms with Crippen LogP contribution in [0.15, 0.2) is 60.3 Å². The predicted molar refractivity (Wildman–Crippen MR) is 100 cm³/mol. The molecule has 3 N–H and O–H groups in total. The zero-order valence-corrected chi connectivity index (χ0v) is 15.0. The molecule has 1 atom stereocenters. The Morgan fingerprint density at radius 1 is 1.37 bits per heavy atom. The van der Waals surface area contributed by atoms with Crippen LogP contribution in [0.4, 0.5) is 0 Å². The summed E-state index contributed by atoms with van der Waals surface area (Å²) in [5.74, 6) is -1.40. The molecule has 1 unspecified atom stereocenters. The lowest BCUT2D eigenvalue weighted by atomic mass is 10.1. The first-order valence-corrected chi connectivity index (χ1v) is 8.95. The van der Waals surface area contributed by atoms with E-state index in [1.54, 1.807) is 10.7 Å². The molecule has 8 nitrogen and oxygen atoms in total. The van der Waals surface area contributed by atoms with Crippen LogP contribution in [0.2, 0.25) is 0 Å². The molecule has 3 aromatic heterocycles. The Labute approximate surface area is 157 Å². The molecule has 3 aromatic rings. The highest BCUT2D eigenvalue weighted by Gasteiger charge is 2.22. The monoisotopic (exact) mass is 381 g/mol. The molecule has 4 heterocycles. The fourth-order valence-corrected chi connectivity index (χ4v) is 3.71. The zero-order chi connectivity index (χ0) is 19.0. The first-order valence-electron chi connectivity index (χ1n) is 8.14. The van der Waals surface area contributed by atoms with Gasteiger partial charge in [-0.2, -0.15) is 5.10 Å². The Hall–Kier alpha value is -3.46. The van der Waals surface area contributed by atoms with Gasteiger partial charge in [0, 0.05) is 24.3 Å². The lowest BCUT2D eigenvalue weighted by molar-refractivity contribution is -0.132. The zero-order valence-electron chi connectivity index (χ0n) is 14.2. The van der Waals surface area contributed by atoms with Gasteiger partial charge in [-0.1, -0.05) is 6.07 Å². The van der Waals surface area contributed by atoms with E-state index in [4.69, 9.17) is 5.11 Å². The SMILES string of the molecule is CC1NC=C(C(=O)O)C=C1NC(=O)c1cnn2cc(-c3ccccn3)sc12. The molecule has 0 radical (unpaired) electrons. The van der Waals surface area contributed by atoms with E-state index in [-0.39, 0.29) is 17.5 Å². The van der Waals surface area contributed by atoms with Crippen LogP contribution in [0.1, 0.15) is 17.3 Å². The number of nitrogens with one attached hydrogen (secondary N) is 2. The number of carboxylic acid groups (broad SMARTS) is 1. The number of hydrogen-bond acceptors (Lipinski definition) is 6. The Bertz CT molecular complexity index is 1100. The molecule has 1 aliphatic rings. The lowest BCUT2D eigenvalue weighted by Gasteiger charge is -2.21. The summed E-state index contributed by atoms with van der Waals surface area (Å²) in [7, 11) is 0. The van der Waals surface area contributed by atoms with Crippen molar-refractivity contribution in [1.82, 2.24) is 25.2 Å². The van der Waals surface area contributed by atoms with Gasteiger partial charge in [-0.05, 0) is 25.1 Å². The van der Waals surface area contributed by atoms with E-state index in [9.17, 15) is 9.59 Å². The first-order chi connectivity index (χ1) is 13.0. The first kappa shape index (κ1) is 17.0. The van der Waals surface area contributed by atoms with E-state index >= 15 is 0 Å². The van der Waals surface area contributed by atoms with E-state index in [2.05, 4.69) is 20.7 Å². The highest BCUT2D eigenvalue weighted by molar-refractivity contribution is 7.21. The number of nitrogens with zero attached hydrogens (tertiary/aromatic N) is 3. The van der Waals surface area contributed by atoms with Crippen molar-refractivity contribution >= 4 is 28.0 Å². The largest absolute Gasteiger partial charge is 0.478 e. The number of amides is 1. The Morgan fingerprint density at radius 2 is 2.22 bits per heavy atom. The summed E-state index contributed by atoms with van der Waals surface area (Å²) >= 11 is 1.42. The minimum absolute atomic E-state index is 0.0807. The number of carbonyl (C=O) groups excluding carboxylic acids is 1. The number of carbonyl (C=O) groups is 2. The van der Waals surface area contributed by atoms with Crippen molar-refractivity contribution in [3.63, 3.8) is 0 Å². The minimum Gasteiger partial charge on any atom is -0.478 e. The van der Waals surface area contributed by atoms with E-state index in [1.165, 1.54) is 29.8 Å². The smallest absolute Gasteiger partial charge is 0.337 e. The van der Waals surface area contributed by atoms with Crippen molar-refractivity contribution in [2.75, 3.05) is 0 Å². The van der Waals surface area contributed by atoms with Crippen LogP contribution in [0.25, 0.3) is 15.4 Å². The highest BCUT2D eigenvalue weighted by atomic mass is 32.1. The number of rotatable bonds is 4. The molecule has 4 rings (SSSR count). The maximum absolute atomic E-state index is 12.7. The lowest BCUT2D eigenvalue weighted by Crippen LogP contribution is -2.37. The van der Waals surface area contributed by atoms with Gasteiger partial charge >= 0.3 is 5.97 Å². The van der Waals surface area contributed by atoms with Gasteiger partial charge in [-0.15, -0.1) is 11.3 Å². The van der Waals surface area contributed by atoms with Gasteiger partial charge < -0.3 is 15.7 Å². The van der Waals surface area contributed by atoms with Gasteiger partial charge in [-0.3, -0.25) is 9.78 Å². The third-order valence-corrected chi connectivity index (χ3v) is 5.26. The van der Waals surface area contributed by atoms with Gasteiger partial charge in [0.2, 0.25) is 0 Å². The average molecular weight is 381 g/mol. The molecule has 9 heteroatoms. The summed E-state index contributed by atoms with van der Waals surface area (Å²) in [6.07, 6.45) is 7.91. The molecule has 1 aliphatic heterocycles. The molecular formula is C18H15N5O3S. The number of aromatic nitrogens is 3. The van der Waals surface area contributed by atoms with Crippen molar-refractivity contribution in [2.45, 2.75) is 13.0 Å². The van der Waals surface area contributed by atoms with Crippen LogP contribution < -0.4 is 10.6 Å². The Kier molecular flexibility index (Phi) is 4.21. The number of fused-ring (bicyclic) bond motifs is 1. The maximum Gasteiger partial charge on any atom is 0.337 e. The second-order valence-corrected chi connectivity index (χ2v) is 7.00. The van der Waals surface area contributed by atoms with Crippen molar-refractivity contribution < 1.29 is 14.7 Å². The van der Waals surface area contributed by atoms with Gasteiger partial charge in [-0.25, -0.2) is 9.31 Å². The molecule has 0 saturated carbocycles. The fourth-order valence-electron chi connectivity index (χ4n) is 2.67. The second-order valence-electron chi connectivity index (χ2n) is 5.97. The van der Waals surface area contributed by atoms with Crippen LogP contribution in [-0.2, 0) is 4.79 Å². The standard InChI is InChI=1S/C18H15N5O3S/c1-10-14(6-11(7-20-10)18(25)26)22-16(24)12-8-21-23-9-15(27-17(12)23)13-4-2-3-5-19-13/h2-10,20H,1H3,(H,22,24)(H,25,26). The number of carboxylic acids is 1. The third kappa shape index (κ3) is 3.20. The van der Waals surface area contributed by atoms with Gasteiger partial charge in [0.05, 0.1) is 33.9 Å². The molecule has 0 fully saturated rings. The summed E-state index contributed by atoms with van der Waals surface area (Å²) in [4.78, 5) is 29.8. The van der Waals surface area contributed by atoms with Crippen LogP contribution >= 0.6 is 11.3 Å². The molecule has 0 aliphatic carbocycles. The fraction of sp³-hybridized carbons (Fsp3) is 0.111.